The number of benzene rings is 3. The second-order valence-electron chi connectivity index (χ2n) is 6.06. The number of para-hydroxylation sites is 1. The molecule has 5 heteroatoms. The minimum absolute atomic E-state index is 0.0788. The molecule has 0 aromatic heterocycles. The molecular formula is C21H17BrN2O2. The number of hydrogen-bond acceptors (Lipinski definition) is 3. The molecule has 0 saturated carbocycles. The van der Waals surface area contributed by atoms with Gasteiger partial charge in [0.2, 0.25) is 0 Å². The van der Waals surface area contributed by atoms with E-state index < -0.39 is 0 Å². The number of carbonyl (C=O) groups is 1. The van der Waals surface area contributed by atoms with Crippen LogP contribution in [0.25, 0.3) is 0 Å². The molecule has 1 heterocycles. The minimum atomic E-state index is -0.281. The summed E-state index contributed by atoms with van der Waals surface area (Å²) in [6, 6.07) is 23.4. The zero-order valence-corrected chi connectivity index (χ0v) is 15.5. The topological polar surface area (TPSA) is 50.4 Å². The maximum absolute atomic E-state index is 12.3. The first kappa shape index (κ1) is 16.7. The van der Waals surface area contributed by atoms with Crippen LogP contribution in [0.5, 0.6) is 5.75 Å². The Kier molecular flexibility index (Phi) is 4.63. The fourth-order valence-corrected chi connectivity index (χ4v) is 3.43. The van der Waals surface area contributed by atoms with E-state index in [1.807, 2.05) is 72.8 Å². The van der Waals surface area contributed by atoms with Gasteiger partial charge in [0.1, 0.15) is 18.5 Å². The number of nitrogens with one attached hydrogen (secondary N) is 2. The second-order valence-corrected chi connectivity index (χ2v) is 6.91. The molecule has 0 fully saturated rings. The number of amides is 1. The van der Waals surface area contributed by atoms with E-state index in [0.29, 0.717) is 12.2 Å². The van der Waals surface area contributed by atoms with Gasteiger partial charge in [-0.2, -0.15) is 0 Å². The maximum Gasteiger partial charge on any atom is 0.255 e. The summed E-state index contributed by atoms with van der Waals surface area (Å²) in [5, 5.41) is 6.34. The number of hydrogen-bond donors (Lipinski definition) is 2. The van der Waals surface area contributed by atoms with Crippen LogP contribution in [-0.4, -0.2) is 5.91 Å². The molecule has 1 amide bonds. The smallest absolute Gasteiger partial charge is 0.255 e. The predicted octanol–water partition coefficient (Wildman–Crippen LogP) is 4.88. The molecule has 0 bridgehead atoms. The standard InChI is InChI=1S/C21H17BrN2O2/c22-17-12-15(10-11-19(17)26-13-14-6-2-1-3-7-14)20-23-18-9-5-4-8-16(18)21(25)24-20/h1-12,20,23H,13H2,(H,24,25). The highest BCUT2D eigenvalue weighted by Crippen LogP contribution is 2.32. The largest absolute Gasteiger partial charge is 0.488 e. The maximum atomic E-state index is 12.3. The van der Waals surface area contributed by atoms with Crippen LogP contribution in [0.3, 0.4) is 0 Å². The predicted molar refractivity (Wildman–Crippen MR) is 105 cm³/mol. The number of rotatable bonds is 4. The minimum Gasteiger partial charge on any atom is -0.488 e. The lowest BCUT2D eigenvalue weighted by atomic mass is 10.1. The summed E-state index contributed by atoms with van der Waals surface area (Å²) in [5.74, 6) is 0.685. The van der Waals surface area contributed by atoms with E-state index in [2.05, 4.69) is 26.6 Å². The first-order valence-electron chi connectivity index (χ1n) is 8.33. The fraction of sp³-hybridized carbons (Fsp3) is 0.0952. The average Bonchev–Trinajstić information content (AvgIpc) is 2.68. The van der Waals surface area contributed by atoms with Crippen LogP contribution in [0.4, 0.5) is 5.69 Å². The Hall–Kier alpha value is -2.79. The molecule has 26 heavy (non-hydrogen) atoms. The molecule has 0 spiro atoms. The molecule has 1 aliphatic rings. The molecule has 1 aliphatic heterocycles. The van der Waals surface area contributed by atoms with Gasteiger partial charge in [0, 0.05) is 5.69 Å². The van der Waals surface area contributed by atoms with Gasteiger partial charge < -0.3 is 15.4 Å². The lowest BCUT2D eigenvalue weighted by molar-refractivity contribution is 0.0935. The van der Waals surface area contributed by atoms with Gasteiger partial charge in [0.25, 0.3) is 5.91 Å². The highest BCUT2D eigenvalue weighted by Gasteiger charge is 2.24. The molecule has 1 unspecified atom stereocenters. The lowest BCUT2D eigenvalue weighted by Gasteiger charge is -2.28. The quantitative estimate of drug-likeness (QED) is 0.646. The Morgan fingerprint density at radius 1 is 0.923 bits per heavy atom. The summed E-state index contributed by atoms with van der Waals surface area (Å²) in [6.07, 6.45) is -0.281. The zero-order valence-electron chi connectivity index (χ0n) is 13.9. The molecule has 0 aliphatic carbocycles. The summed E-state index contributed by atoms with van der Waals surface area (Å²) in [4.78, 5) is 12.3. The van der Waals surface area contributed by atoms with Gasteiger partial charge in [-0.25, -0.2) is 0 Å². The van der Waals surface area contributed by atoms with E-state index in [-0.39, 0.29) is 12.1 Å². The lowest BCUT2D eigenvalue weighted by Crippen LogP contribution is -2.38. The van der Waals surface area contributed by atoms with Gasteiger partial charge in [-0.3, -0.25) is 4.79 Å². The Morgan fingerprint density at radius 3 is 2.50 bits per heavy atom. The first-order chi connectivity index (χ1) is 12.7. The molecular weight excluding hydrogens is 392 g/mol. The van der Waals surface area contributed by atoms with E-state index in [1.54, 1.807) is 0 Å². The van der Waals surface area contributed by atoms with E-state index in [1.165, 1.54) is 0 Å². The van der Waals surface area contributed by atoms with Gasteiger partial charge in [0.05, 0.1) is 10.0 Å². The van der Waals surface area contributed by atoms with Crippen molar-refractivity contribution in [1.29, 1.82) is 0 Å². The van der Waals surface area contributed by atoms with Crippen LogP contribution in [0, 0.1) is 0 Å². The van der Waals surface area contributed by atoms with Crippen molar-refractivity contribution < 1.29 is 9.53 Å². The normalized spacial score (nSPS) is 15.6. The van der Waals surface area contributed by atoms with Crippen molar-refractivity contribution >= 4 is 27.5 Å². The molecule has 3 aromatic carbocycles. The van der Waals surface area contributed by atoms with Crippen LogP contribution in [0.15, 0.2) is 77.3 Å². The van der Waals surface area contributed by atoms with Crippen LogP contribution in [0.2, 0.25) is 0 Å². The average molecular weight is 409 g/mol. The van der Waals surface area contributed by atoms with Crippen molar-refractivity contribution in [2.45, 2.75) is 12.8 Å². The Balaban J connectivity index is 1.50. The monoisotopic (exact) mass is 408 g/mol. The number of halogens is 1. The van der Waals surface area contributed by atoms with Gasteiger partial charge in [-0.1, -0.05) is 48.5 Å². The van der Waals surface area contributed by atoms with E-state index in [9.17, 15) is 4.79 Å². The number of fused-ring (bicyclic) bond motifs is 1. The van der Waals surface area contributed by atoms with Crippen molar-refractivity contribution in [3.63, 3.8) is 0 Å². The number of carbonyl (C=O) groups excluding carboxylic acids is 1. The SMILES string of the molecule is O=C1NC(c2ccc(OCc3ccccc3)c(Br)c2)Nc2ccccc21. The van der Waals surface area contributed by atoms with E-state index >= 15 is 0 Å². The summed E-state index contributed by atoms with van der Waals surface area (Å²) in [7, 11) is 0. The third-order valence-corrected chi connectivity index (χ3v) is 4.89. The van der Waals surface area contributed by atoms with Gasteiger partial charge in [0.15, 0.2) is 0 Å². The van der Waals surface area contributed by atoms with E-state index in [0.717, 1.165) is 27.0 Å². The van der Waals surface area contributed by atoms with Crippen LogP contribution in [0.1, 0.15) is 27.7 Å². The van der Waals surface area contributed by atoms with E-state index in [4.69, 9.17) is 4.74 Å². The van der Waals surface area contributed by atoms with Crippen molar-refractivity contribution in [2.75, 3.05) is 5.32 Å². The zero-order chi connectivity index (χ0) is 17.9. The molecule has 0 saturated heterocycles. The van der Waals surface area contributed by atoms with Crippen LogP contribution < -0.4 is 15.4 Å². The summed E-state index contributed by atoms with van der Waals surface area (Å²) in [6.45, 7) is 0.505. The van der Waals surface area contributed by atoms with Crippen molar-refractivity contribution in [1.82, 2.24) is 5.32 Å². The highest BCUT2D eigenvalue weighted by atomic mass is 79.9. The van der Waals surface area contributed by atoms with Gasteiger partial charge >= 0.3 is 0 Å². The second kappa shape index (κ2) is 7.22. The third kappa shape index (κ3) is 3.44. The van der Waals surface area contributed by atoms with Crippen molar-refractivity contribution in [3.8, 4) is 5.75 Å². The van der Waals surface area contributed by atoms with Crippen molar-refractivity contribution in [2.24, 2.45) is 0 Å². The Bertz CT molecular complexity index is 944. The summed E-state index contributed by atoms with van der Waals surface area (Å²) in [5.41, 5.74) is 3.56. The third-order valence-electron chi connectivity index (χ3n) is 4.27. The molecule has 4 rings (SSSR count). The molecule has 2 N–H and O–H groups in total. The molecule has 4 nitrogen and oxygen atoms in total. The molecule has 3 aromatic rings. The van der Waals surface area contributed by atoms with Gasteiger partial charge in [-0.15, -0.1) is 0 Å². The van der Waals surface area contributed by atoms with Crippen molar-refractivity contribution in [3.05, 3.63) is 94.0 Å². The Labute approximate surface area is 160 Å². The summed E-state index contributed by atoms with van der Waals surface area (Å²) < 4.78 is 6.74. The number of anilines is 1. The molecule has 1 atom stereocenters. The summed E-state index contributed by atoms with van der Waals surface area (Å²) >= 11 is 3.57. The van der Waals surface area contributed by atoms with Crippen LogP contribution >= 0.6 is 15.9 Å². The van der Waals surface area contributed by atoms with Crippen LogP contribution in [-0.2, 0) is 6.61 Å². The number of ether oxygens (including phenoxy) is 1. The Morgan fingerprint density at radius 2 is 1.69 bits per heavy atom. The fourth-order valence-electron chi connectivity index (χ4n) is 2.92. The molecule has 0 radical (unpaired) electrons. The van der Waals surface area contributed by atoms with Gasteiger partial charge in [-0.05, 0) is 51.3 Å². The highest BCUT2D eigenvalue weighted by molar-refractivity contribution is 9.10. The molecule has 130 valence electrons. The first-order valence-corrected chi connectivity index (χ1v) is 9.12.